The molecule has 0 saturated carbocycles. The fourth-order valence-corrected chi connectivity index (χ4v) is 3.33. The molecule has 20 heavy (non-hydrogen) atoms. The van der Waals surface area contributed by atoms with Gasteiger partial charge in [-0.3, -0.25) is 4.79 Å². The van der Waals surface area contributed by atoms with Crippen LogP contribution in [0.3, 0.4) is 0 Å². The van der Waals surface area contributed by atoms with Crippen LogP contribution in [0.25, 0.3) is 0 Å². The normalized spacial score (nSPS) is 23.1. The standard InChI is InChI=1S/C14H18ClNO3S/c1-9-6-12(20(15,18)19)4-5-13(9)14(17)16-7-10(2)11(3)8-16/h4-6,10-11H,7-8H2,1-3H3. The third kappa shape index (κ3) is 2.99. The number of rotatable bonds is 2. The van der Waals surface area contributed by atoms with E-state index in [1.165, 1.54) is 12.1 Å². The van der Waals surface area contributed by atoms with Gasteiger partial charge in [0.15, 0.2) is 0 Å². The monoisotopic (exact) mass is 315 g/mol. The van der Waals surface area contributed by atoms with Gasteiger partial charge in [-0.05, 0) is 42.5 Å². The molecular formula is C14H18ClNO3S. The first-order valence-corrected chi connectivity index (χ1v) is 8.85. The van der Waals surface area contributed by atoms with Gasteiger partial charge in [0.05, 0.1) is 4.90 Å². The van der Waals surface area contributed by atoms with E-state index in [2.05, 4.69) is 13.8 Å². The summed E-state index contributed by atoms with van der Waals surface area (Å²) in [5.74, 6) is 0.931. The van der Waals surface area contributed by atoms with E-state index in [1.54, 1.807) is 13.0 Å². The molecule has 110 valence electrons. The molecule has 1 aliphatic heterocycles. The van der Waals surface area contributed by atoms with Crippen LogP contribution in [0.4, 0.5) is 0 Å². The van der Waals surface area contributed by atoms with Crippen LogP contribution in [0.5, 0.6) is 0 Å². The molecule has 0 aromatic heterocycles. The Balaban J connectivity index is 2.28. The van der Waals surface area contributed by atoms with Gasteiger partial charge in [0.25, 0.3) is 15.0 Å². The molecule has 2 atom stereocenters. The van der Waals surface area contributed by atoms with Crippen LogP contribution < -0.4 is 0 Å². The van der Waals surface area contributed by atoms with Crippen molar-refractivity contribution in [1.82, 2.24) is 4.90 Å². The Morgan fingerprint density at radius 2 is 1.80 bits per heavy atom. The minimum absolute atomic E-state index is 0.0244. The Labute approximate surface area is 124 Å². The lowest BCUT2D eigenvalue weighted by Crippen LogP contribution is -2.29. The van der Waals surface area contributed by atoms with Gasteiger partial charge in [-0.1, -0.05) is 13.8 Å². The fourth-order valence-electron chi connectivity index (χ4n) is 2.49. The summed E-state index contributed by atoms with van der Waals surface area (Å²) in [7, 11) is 1.55. The molecule has 2 unspecified atom stereocenters. The number of likely N-dealkylation sites (tertiary alicyclic amines) is 1. The van der Waals surface area contributed by atoms with Gasteiger partial charge in [-0.25, -0.2) is 8.42 Å². The van der Waals surface area contributed by atoms with Crippen molar-refractivity contribution in [2.45, 2.75) is 25.7 Å². The molecule has 1 aromatic rings. The maximum atomic E-state index is 12.5. The average Bonchev–Trinajstić information content (AvgIpc) is 2.67. The number of halogens is 1. The van der Waals surface area contributed by atoms with Crippen LogP contribution >= 0.6 is 10.7 Å². The van der Waals surface area contributed by atoms with E-state index in [0.29, 0.717) is 23.0 Å². The molecule has 1 amide bonds. The molecule has 6 heteroatoms. The van der Waals surface area contributed by atoms with E-state index in [9.17, 15) is 13.2 Å². The second-order valence-electron chi connectivity index (χ2n) is 5.58. The summed E-state index contributed by atoms with van der Waals surface area (Å²) in [6.45, 7) is 7.48. The molecule has 1 aromatic carbocycles. The van der Waals surface area contributed by atoms with Crippen molar-refractivity contribution in [2.75, 3.05) is 13.1 Å². The summed E-state index contributed by atoms with van der Waals surface area (Å²) >= 11 is 0. The Bertz CT molecular complexity index is 632. The van der Waals surface area contributed by atoms with Crippen molar-refractivity contribution in [1.29, 1.82) is 0 Å². The summed E-state index contributed by atoms with van der Waals surface area (Å²) in [6.07, 6.45) is 0. The van der Waals surface area contributed by atoms with Gasteiger partial charge in [0, 0.05) is 29.3 Å². The van der Waals surface area contributed by atoms with Gasteiger partial charge in [-0.2, -0.15) is 0 Å². The highest BCUT2D eigenvalue weighted by molar-refractivity contribution is 8.13. The number of carbonyl (C=O) groups is 1. The SMILES string of the molecule is Cc1cc(S(=O)(=O)Cl)ccc1C(=O)N1CC(C)C(C)C1. The highest BCUT2D eigenvalue weighted by atomic mass is 35.7. The molecule has 1 fully saturated rings. The fraction of sp³-hybridized carbons (Fsp3) is 0.500. The second-order valence-corrected chi connectivity index (χ2v) is 8.15. The van der Waals surface area contributed by atoms with Crippen LogP contribution in [-0.4, -0.2) is 32.3 Å². The van der Waals surface area contributed by atoms with Gasteiger partial charge in [0.2, 0.25) is 0 Å². The summed E-state index contributed by atoms with van der Waals surface area (Å²) in [5, 5.41) is 0. The van der Waals surface area contributed by atoms with Crippen molar-refractivity contribution in [3.8, 4) is 0 Å². The number of aryl methyl sites for hydroxylation is 1. The van der Waals surface area contributed by atoms with Crippen molar-refractivity contribution < 1.29 is 13.2 Å². The first kappa shape index (κ1) is 15.3. The van der Waals surface area contributed by atoms with E-state index in [0.717, 1.165) is 13.1 Å². The zero-order valence-corrected chi connectivity index (χ0v) is 13.3. The molecule has 0 radical (unpaired) electrons. The highest BCUT2D eigenvalue weighted by Gasteiger charge is 2.30. The highest BCUT2D eigenvalue weighted by Crippen LogP contribution is 2.26. The first-order valence-electron chi connectivity index (χ1n) is 6.54. The largest absolute Gasteiger partial charge is 0.338 e. The molecule has 1 heterocycles. The van der Waals surface area contributed by atoms with Crippen molar-refractivity contribution in [2.24, 2.45) is 11.8 Å². The Hall–Kier alpha value is -1.07. The minimum atomic E-state index is -3.76. The lowest BCUT2D eigenvalue weighted by molar-refractivity contribution is 0.0784. The quantitative estimate of drug-likeness (QED) is 0.788. The first-order chi connectivity index (χ1) is 9.20. The molecule has 1 aliphatic rings. The molecule has 4 nitrogen and oxygen atoms in total. The van der Waals surface area contributed by atoms with Crippen LogP contribution in [0.1, 0.15) is 29.8 Å². The van der Waals surface area contributed by atoms with Crippen LogP contribution in [0.15, 0.2) is 23.1 Å². The molecule has 0 N–H and O–H groups in total. The lowest BCUT2D eigenvalue weighted by atomic mass is 10.0. The van der Waals surface area contributed by atoms with Gasteiger partial charge >= 0.3 is 0 Å². The maximum absolute atomic E-state index is 12.5. The van der Waals surface area contributed by atoms with E-state index >= 15 is 0 Å². The number of carbonyl (C=O) groups excluding carboxylic acids is 1. The predicted octanol–water partition coefficient (Wildman–Crippen LogP) is 2.65. The van der Waals surface area contributed by atoms with Crippen LogP contribution in [0, 0.1) is 18.8 Å². The van der Waals surface area contributed by atoms with Gasteiger partial charge < -0.3 is 4.90 Å². The van der Waals surface area contributed by atoms with Crippen molar-refractivity contribution in [3.05, 3.63) is 29.3 Å². The molecule has 0 spiro atoms. The van der Waals surface area contributed by atoms with Gasteiger partial charge in [0.1, 0.15) is 0 Å². The summed E-state index contributed by atoms with van der Waals surface area (Å²) in [4.78, 5) is 14.3. The van der Waals surface area contributed by atoms with Crippen LogP contribution in [-0.2, 0) is 9.05 Å². The number of hydrogen-bond acceptors (Lipinski definition) is 3. The molecule has 0 bridgehead atoms. The smallest absolute Gasteiger partial charge is 0.261 e. The second kappa shape index (κ2) is 5.37. The lowest BCUT2D eigenvalue weighted by Gasteiger charge is -2.17. The van der Waals surface area contributed by atoms with E-state index in [1.807, 2.05) is 4.90 Å². The zero-order valence-electron chi connectivity index (χ0n) is 11.8. The van der Waals surface area contributed by atoms with Crippen LogP contribution in [0.2, 0.25) is 0 Å². The number of nitrogens with zero attached hydrogens (tertiary/aromatic N) is 1. The van der Waals surface area contributed by atoms with Gasteiger partial charge in [-0.15, -0.1) is 0 Å². The number of benzene rings is 1. The average molecular weight is 316 g/mol. The predicted molar refractivity (Wildman–Crippen MR) is 78.4 cm³/mol. The van der Waals surface area contributed by atoms with E-state index in [4.69, 9.17) is 10.7 Å². The molecule has 1 saturated heterocycles. The third-order valence-electron chi connectivity index (χ3n) is 3.99. The number of hydrogen-bond donors (Lipinski definition) is 0. The Morgan fingerprint density at radius 1 is 1.25 bits per heavy atom. The third-order valence-corrected chi connectivity index (χ3v) is 5.34. The Kier molecular flexibility index (Phi) is 4.12. The number of amides is 1. The maximum Gasteiger partial charge on any atom is 0.261 e. The van der Waals surface area contributed by atoms with E-state index in [-0.39, 0.29) is 10.8 Å². The summed E-state index contributed by atoms with van der Waals surface area (Å²) < 4.78 is 22.6. The van der Waals surface area contributed by atoms with E-state index < -0.39 is 9.05 Å². The zero-order chi connectivity index (χ0) is 15.1. The summed E-state index contributed by atoms with van der Waals surface area (Å²) in [5.41, 5.74) is 1.17. The molecule has 2 rings (SSSR count). The topological polar surface area (TPSA) is 54.5 Å². The Morgan fingerprint density at radius 3 is 2.25 bits per heavy atom. The minimum Gasteiger partial charge on any atom is -0.338 e. The summed E-state index contributed by atoms with van der Waals surface area (Å²) in [6, 6.07) is 4.37. The van der Waals surface area contributed by atoms with Crippen molar-refractivity contribution >= 4 is 25.6 Å². The molecular weight excluding hydrogens is 298 g/mol. The molecule has 0 aliphatic carbocycles. The van der Waals surface area contributed by atoms with Crippen molar-refractivity contribution in [3.63, 3.8) is 0 Å².